The third-order valence-corrected chi connectivity index (χ3v) is 1.51. The molecule has 0 saturated carbocycles. The van der Waals surface area contributed by atoms with E-state index in [0.717, 1.165) is 12.1 Å². The third-order valence-electron chi connectivity index (χ3n) is 1.51. The Morgan fingerprint density at radius 1 is 1.45 bits per heavy atom. The highest BCUT2D eigenvalue weighted by atomic mass is 14.6. The molecule has 0 saturated heterocycles. The Bertz CT molecular complexity index is 231. The van der Waals surface area contributed by atoms with Crippen molar-refractivity contribution in [3.63, 3.8) is 0 Å². The van der Waals surface area contributed by atoms with Crippen molar-refractivity contribution in [3.05, 3.63) is 29.8 Å². The Hall–Kier alpha value is -1.02. The van der Waals surface area contributed by atoms with Crippen LogP contribution in [0.2, 0.25) is 0 Å². The van der Waals surface area contributed by atoms with E-state index < -0.39 is 0 Å². The van der Waals surface area contributed by atoms with Gasteiger partial charge in [-0.2, -0.15) is 0 Å². The van der Waals surface area contributed by atoms with Crippen molar-refractivity contribution in [2.75, 3.05) is 5.73 Å². The van der Waals surface area contributed by atoms with Crippen LogP contribution < -0.4 is 11.5 Å². The summed E-state index contributed by atoms with van der Waals surface area (Å²) in [5.74, 6) is 0. The molecule has 0 aromatic heterocycles. The SMILES string of the molecule is CC(N)Cc1cccc(N)c1. The zero-order valence-corrected chi connectivity index (χ0v) is 6.75. The minimum atomic E-state index is 0.205. The lowest BCUT2D eigenvalue weighted by Crippen LogP contribution is -2.17. The highest BCUT2D eigenvalue weighted by Crippen LogP contribution is 2.07. The average molecular weight is 150 g/mol. The topological polar surface area (TPSA) is 52.0 Å². The van der Waals surface area contributed by atoms with Crippen molar-refractivity contribution in [1.29, 1.82) is 0 Å². The van der Waals surface area contributed by atoms with Crippen molar-refractivity contribution >= 4 is 5.69 Å². The van der Waals surface area contributed by atoms with Crippen LogP contribution in [-0.2, 0) is 6.42 Å². The molecule has 2 nitrogen and oxygen atoms in total. The largest absolute Gasteiger partial charge is 0.399 e. The van der Waals surface area contributed by atoms with Crippen LogP contribution >= 0.6 is 0 Å². The van der Waals surface area contributed by atoms with E-state index in [0.29, 0.717) is 0 Å². The lowest BCUT2D eigenvalue weighted by molar-refractivity contribution is 0.738. The van der Waals surface area contributed by atoms with Gasteiger partial charge in [-0.25, -0.2) is 0 Å². The van der Waals surface area contributed by atoms with Gasteiger partial charge in [0.05, 0.1) is 0 Å². The second kappa shape index (κ2) is 3.39. The van der Waals surface area contributed by atoms with Gasteiger partial charge in [-0.1, -0.05) is 12.1 Å². The maximum absolute atomic E-state index is 5.63. The quantitative estimate of drug-likeness (QED) is 0.621. The maximum Gasteiger partial charge on any atom is 0.0316 e. The summed E-state index contributed by atoms with van der Waals surface area (Å²) < 4.78 is 0. The predicted octanol–water partition coefficient (Wildman–Crippen LogP) is 1.16. The van der Waals surface area contributed by atoms with E-state index in [1.54, 1.807) is 0 Å². The molecule has 1 aromatic rings. The van der Waals surface area contributed by atoms with Crippen LogP contribution in [0.1, 0.15) is 12.5 Å². The maximum atomic E-state index is 5.63. The minimum absolute atomic E-state index is 0.205. The molecule has 1 atom stereocenters. The van der Waals surface area contributed by atoms with Crippen LogP contribution in [0.25, 0.3) is 0 Å². The number of hydrogen-bond donors (Lipinski definition) is 2. The van der Waals surface area contributed by atoms with E-state index in [1.165, 1.54) is 5.56 Å². The first-order valence-corrected chi connectivity index (χ1v) is 3.78. The Labute approximate surface area is 67.2 Å². The fourth-order valence-electron chi connectivity index (χ4n) is 1.09. The fraction of sp³-hybridized carbons (Fsp3) is 0.333. The molecule has 0 aliphatic rings. The Balaban J connectivity index is 2.71. The summed E-state index contributed by atoms with van der Waals surface area (Å²) in [5.41, 5.74) is 13.2. The summed E-state index contributed by atoms with van der Waals surface area (Å²) in [6.45, 7) is 1.99. The van der Waals surface area contributed by atoms with E-state index in [1.807, 2.05) is 31.2 Å². The Morgan fingerprint density at radius 3 is 2.73 bits per heavy atom. The molecule has 0 aliphatic heterocycles. The number of nitrogens with two attached hydrogens (primary N) is 2. The molecule has 0 fully saturated rings. The summed E-state index contributed by atoms with van der Waals surface area (Å²) in [6, 6.07) is 8.04. The van der Waals surface area contributed by atoms with E-state index in [4.69, 9.17) is 11.5 Å². The van der Waals surface area contributed by atoms with Crippen molar-refractivity contribution in [3.8, 4) is 0 Å². The molecule has 60 valence electrons. The average Bonchev–Trinajstić information content (AvgIpc) is 1.85. The van der Waals surface area contributed by atoms with Gasteiger partial charge in [-0.3, -0.25) is 0 Å². The van der Waals surface area contributed by atoms with Crippen LogP contribution in [0.15, 0.2) is 24.3 Å². The summed E-state index contributed by atoms with van der Waals surface area (Å²) in [4.78, 5) is 0. The molecule has 4 N–H and O–H groups in total. The fourth-order valence-corrected chi connectivity index (χ4v) is 1.09. The van der Waals surface area contributed by atoms with Gasteiger partial charge >= 0.3 is 0 Å². The number of anilines is 1. The zero-order chi connectivity index (χ0) is 8.27. The molecule has 0 bridgehead atoms. The highest BCUT2D eigenvalue weighted by molar-refractivity contribution is 5.40. The van der Waals surface area contributed by atoms with Crippen molar-refractivity contribution < 1.29 is 0 Å². The molecule has 1 aromatic carbocycles. The Kier molecular flexibility index (Phi) is 2.49. The van der Waals surface area contributed by atoms with E-state index >= 15 is 0 Å². The second-order valence-corrected chi connectivity index (χ2v) is 2.93. The number of nitrogen functional groups attached to an aromatic ring is 1. The third kappa shape index (κ3) is 2.60. The number of rotatable bonds is 2. The van der Waals surface area contributed by atoms with Crippen LogP contribution in [0.3, 0.4) is 0 Å². The molecule has 0 heterocycles. The Morgan fingerprint density at radius 2 is 2.18 bits per heavy atom. The normalized spacial score (nSPS) is 12.9. The molecule has 0 aliphatic carbocycles. The van der Waals surface area contributed by atoms with Crippen LogP contribution in [0.5, 0.6) is 0 Å². The van der Waals surface area contributed by atoms with Crippen molar-refractivity contribution in [1.82, 2.24) is 0 Å². The van der Waals surface area contributed by atoms with Crippen LogP contribution in [0.4, 0.5) is 5.69 Å². The van der Waals surface area contributed by atoms with Gasteiger partial charge in [-0.05, 0) is 31.0 Å². The van der Waals surface area contributed by atoms with E-state index in [2.05, 4.69) is 0 Å². The smallest absolute Gasteiger partial charge is 0.0316 e. The van der Waals surface area contributed by atoms with Gasteiger partial charge in [0.15, 0.2) is 0 Å². The van der Waals surface area contributed by atoms with Gasteiger partial charge in [0.2, 0.25) is 0 Å². The molecular weight excluding hydrogens is 136 g/mol. The first kappa shape index (κ1) is 8.08. The standard InChI is InChI=1S/C9H14N2/c1-7(10)5-8-3-2-4-9(11)6-8/h2-4,6-7H,5,10-11H2,1H3. The van der Waals surface area contributed by atoms with Crippen LogP contribution in [-0.4, -0.2) is 6.04 Å². The molecule has 1 rings (SSSR count). The predicted molar refractivity (Wildman–Crippen MR) is 48.2 cm³/mol. The van der Waals surface area contributed by atoms with E-state index in [9.17, 15) is 0 Å². The summed E-state index contributed by atoms with van der Waals surface area (Å²) in [6.07, 6.45) is 0.894. The molecule has 2 heteroatoms. The molecular formula is C9H14N2. The van der Waals surface area contributed by atoms with Gasteiger partial charge in [-0.15, -0.1) is 0 Å². The molecule has 0 radical (unpaired) electrons. The lowest BCUT2D eigenvalue weighted by Gasteiger charge is -2.04. The highest BCUT2D eigenvalue weighted by Gasteiger charge is 1.96. The van der Waals surface area contributed by atoms with Gasteiger partial charge in [0.25, 0.3) is 0 Å². The summed E-state index contributed by atoms with van der Waals surface area (Å²) >= 11 is 0. The van der Waals surface area contributed by atoms with E-state index in [-0.39, 0.29) is 6.04 Å². The second-order valence-electron chi connectivity index (χ2n) is 2.93. The lowest BCUT2D eigenvalue weighted by atomic mass is 10.1. The zero-order valence-electron chi connectivity index (χ0n) is 6.75. The van der Waals surface area contributed by atoms with Crippen LogP contribution in [0, 0.1) is 0 Å². The van der Waals surface area contributed by atoms with Gasteiger partial charge in [0, 0.05) is 11.7 Å². The molecule has 11 heavy (non-hydrogen) atoms. The monoisotopic (exact) mass is 150 g/mol. The number of hydrogen-bond acceptors (Lipinski definition) is 2. The molecule has 0 spiro atoms. The first-order chi connectivity index (χ1) is 5.18. The summed E-state index contributed by atoms with van der Waals surface area (Å²) in [5, 5.41) is 0. The van der Waals surface area contributed by atoms with Gasteiger partial charge < -0.3 is 11.5 Å². The van der Waals surface area contributed by atoms with Crippen molar-refractivity contribution in [2.24, 2.45) is 5.73 Å². The van der Waals surface area contributed by atoms with Crippen molar-refractivity contribution in [2.45, 2.75) is 19.4 Å². The molecule has 1 unspecified atom stereocenters. The molecule has 0 amide bonds. The first-order valence-electron chi connectivity index (χ1n) is 3.78. The van der Waals surface area contributed by atoms with Gasteiger partial charge in [0.1, 0.15) is 0 Å². The summed E-state index contributed by atoms with van der Waals surface area (Å²) in [7, 11) is 0. The minimum Gasteiger partial charge on any atom is -0.399 e. The number of benzene rings is 1.